The molecule has 0 radical (unpaired) electrons. The van der Waals surface area contributed by atoms with Gasteiger partial charge < -0.3 is 5.32 Å². The summed E-state index contributed by atoms with van der Waals surface area (Å²) in [6, 6.07) is 19.6. The predicted molar refractivity (Wildman–Crippen MR) is 136 cm³/mol. The van der Waals surface area contributed by atoms with Gasteiger partial charge in [-0.1, -0.05) is 60.3 Å². The highest BCUT2D eigenvalue weighted by Crippen LogP contribution is 2.34. The predicted octanol–water partition coefficient (Wildman–Crippen LogP) is 5.31. The lowest BCUT2D eigenvalue weighted by Crippen LogP contribution is -2.25. The molecule has 33 heavy (non-hydrogen) atoms. The largest absolute Gasteiger partial charge is 0.325 e. The molecule has 0 spiro atoms. The molecule has 5 rings (SSSR count). The number of para-hydroxylation sites is 1. The fourth-order valence-corrected chi connectivity index (χ4v) is 6.39. The van der Waals surface area contributed by atoms with E-state index in [0.29, 0.717) is 11.7 Å². The van der Waals surface area contributed by atoms with Crippen molar-refractivity contribution in [3.63, 3.8) is 0 Å². The van der Waals surface area contributed by atoms with Gasteiger partial charge in [-0.25, -0.2) is 4.98 Å². The van der Waals surface area contributed by atoms with Crippen LogP contribution in [0.4, 0.5) is 5.69 Å². The number of hydrogen-bond donors (Lipinski definition) is 1. The van der Waals surface area contributed by atoms with E-state index in [1.54, 1.807) is 15.9 Å². The minimum atomic E-state index is -0.111. The number of nitrogens with one attached hydrogen (secondary N) is 1. The van der Waals surface area contributed by atoms with E-state index in [2.05, 4.69) is 17.4 Å². The van der Waals surface area contributed by atoms with E-state index in [9.17, 15) is 9.59 Å². The van der Waals surface area contributed by atoms with E-state index in [-0.39, 0.29) is 17.2 Å². The van der Waals surface area contributed by atoms with Crippen molar-refractivity contribution >= 4 is 44.9 Å². The third kappa shape index (κ3) is 4.89. The summed E-state index contributed by atoms with van der Waals surface area (Å²) in [7, 11) is 0. The standard InChI is InChI=1S/C26H25N3O2S2/c30-22(27-19-11-5-2-6-12-19)17-32-26-28-24-23(20-13-7-8-14-21(20)33-24)25(31)29(26)16-15-18-9-3-1-4-10-18/h1-6,9-12H,7-8,13-17H2,(H,27,30). The molecule has 2 heterocycles. The van der Waals surface area contributed by atoms with Gasteiger partial charge in [-0.05, 0) is 55.4 Å². The van der Waals surface area contributed by atoms with E-state index >= 15 is 0 Å². The maximum Gasteiger partial charge on any atom is 0.263 e. The zero-order valence-electron chi connectivity index (χ0n) is 18.3. The number of hydrogen-bond acceptors (Lipinski definition) is 5. The Morgan fingerprint density at radius 2 is 1.76 bits per heavy atom. The summed E-state index contributed by atoms with van der Waals surface area (Å²) < 4.78 is 1.78. The monoisotopic (exact) mass is 475 g/mol. The number of thiophene rings is 1. The molecule has 0 saturated carbocycles. The van der Waals surface area contributed by atoms with Gasteiger partial charge in [0, 0.05) is 17.1 Å². The normalized spacial score (nSPS) is 13.1. The Bertz CT molecular complexity index is 1330. The van der Waals surface area contributed by atoms with Crippen LogP contribution < -0.4 is 10.9 Å². The Hall–Kier alpha value is -2.90. The number of rotatable bonds is 7. The topological polar surface area (TPSA) is 64.0 Å². The molecule has 5 nitrogen and oxygen atoms in total. The second kappa shape index (κ2) is 9.93. The molecule has 1 amide bonds. The Morgan fingerprint density at radius 1 is 1.03 bits per heavy atom. The molecule has 0 aliphatic heterocycles. The van der Waals surface area contributed by atoms with Gasteiger partial charge >= 0.3 is 0 Å². The number of anilines is 1. The molecule has 1 N–H and O–H groups in total. The minimum absolute atomic E-state index is 0.0290. The fourth-order valence-electron chi connectivity index (χ4n) is 4.26. The first-order valence-corrected chi connectivity index (χ1v) is 13.1. The maximum atomic E-state index is 13.7. The first-order valence-electron chi connectivity index (χ1n) is 11.3. The van der Waals surface area contributed by atoms with Crippen LogP contribution in [0.25, 0.3) is 10.2 Å². The molecule has 0 fully saturated rings. The average molecular weight is 476 g/mol. The van der Waals surface area contributed by atoms with Crippen molar-refractivity contribution in [3.05, 3.63) is 87.0 Å². The summed E-state index contributed by atoms with van der Waals surface area (Å²) in [5.74, 6) is 0.0872. The Morgan fingerprint density at radius 3 is 2.55 bits per heavy atom. The van der Waals surface area contributed by atoms with Crippen molar-refractivity contribution in [1.29, 1.82) is 0 Å². The van der Waals surface area contributed by atoms with Gasteiger partial charge in [0.25, 0.3) is 5.56 Å². The van der Waals surface area contributed by atoms with Crippen molar-refractivity contribution < 1.29 is 4.79 Å². The molecule has 0 atom stereocenters. The van der Waals surface area contributed by atoms with Crippen molar-refractivity contribution in [2.45, 2.75) is 43.8 Å². The van der Waals surface area contributed by atoms with Gasteiger partial charge in [0.1, 0.15) is 4.83 Å². The lowest BCUT2D eigenvalue weighted by Gasteiger charge is -2.14. The molecular formula is C26H25N3O2S2. The molecule has 2 aromatic heterocycles. The van der Waals surface area contributed by atoms with Crippen LogP contribution >= 0.6 is 23.1 Å². The summed E-state index contributed by atoms with van der Waals surface area (Å²) >= 11 is 2.98. The minimum Gasteiger partial charge on any atom is -0.325 e. The van der Waals surface area contributed by atoms with Crippen molar-refractivity contribution in [3.8, 4) is 0 Å². The molecule has 168 valence electrons. The summed E-state index contributed by atoms with van der Waals surface area (Å²) in [5.41, 5.74) is 3.17. The first kappa shape index (κ1) is 21.9. The van der Waals surface area contributed by atoms with E-state index in [1.165, 1.54) is 34.2 Å². The summed E-state index contributed by atoms with van der Waals surface area (Å²) in [6.07, 6.45) is 5.02. The molecule has 1 aliphatic rings. The zero-order chi connectivity index (χ0) is 22.6. The number of carbonyl (C=O) groups is 1. The maximum absolute atomic E-state index is 13.7. The lowest BCUT2D eigenvalue weighted by molar-refractivity contribution is -0.113. The number of aromatic nitrogens is 2. The molecule has 1 aliphatic carbocycles. The fraction of sp³-hybridized carbons (Fsp3) is 0.269. The molecular weight excluding hydrogens is 450 g/mol. The summed E-state index contributed by atoms with van der Waals surface area (Å²) in [5, 5.41) is 4.32. The third-order valence-electron chi connectivity index (χ3n) is 5.90. The molecule has 0 unspecified atom stereocenters. The van der Waals surface area contributed by atoms with Crippen LogP contribution in [0.5, 0.6) is 0 Å². The van der Waals surface area contributed by atoms with Crippen molar-refractivity contribution in [2.24, 2.45) is 0 Å². The quantitative estimate of drug-likeness (QED) is 0.291. The molecule has 4 aromatic rings. The van der Waals surface area contributed by atoms with Crippen molar-refractivity contribution in [1.82, 2.24) is 9.55 Å². The number of aryl methyl sites for hydroxylation is 3. The smallest absolute Gasteiger partial charge is 0.263 e. The van der Waals surface area contributed by atoms with Crippen LogP contribution in [0.2, 0.25) is 0 Å². The number of thioether (sulfide) groups is 1. The number of nitrogens with zero attached hydrogens (tertiary/aromatic N) is 2. The number of carbonyl (C=O) groups excluding carboxylic acids is 1. The highest BCUT2D eigenvalue weighted by molar-refractivity contribution is 7.99. The summed E-state index contributed by atoms with van der Waals surface area (Å²) in [6.45, 7) is 0.541. The average Bonchev–Trinajstić information content (AvgIpc) is 3.22. The van der Waals surface area contributed by atoms with Crippen LogP contribution in [0.15, 0.2) is 70.6 Å². The van der Waals surface area contributed by atoms with Gasteiger partial charge in [-0.3, -0.25) is 14.2 Å². The Labute approximate surface area is 200 Å². The van der Waals surface area contributed by atoms with E-state index in [4.69, 9.17) is 4.98 Å². The lowest BCUT2D eigenvalue weighted by atomic mass is 9.97. The molecule has 7 heteroatoms. The van der Waals surface area contributed by atoms with Crippen molar-refractivity contribution in [2.75, 3.05) is 11.1 Å². The third-order valence-corrected chi connectivity index (χ3v) is 8.06. The van der Waals surface area contributed by atoms with E-state index in [1.807, 2.05) is 48.5 Å². The molecule has 0 bridgehead atoms. The SMILES string of the molecule is O=C(CSc1nc2sc3c(c2c(=O)n1CCc1ccccc1)CCCC3)Nc1ccccc1. The van der Waals surface area contributed by atoms with Gasteiger partial charge in [-0.2, -0.15) is 0 Å². The van der Waals surface area contributed by atoms with Gasteiger partial charge in [-0.15, -0.1) is 11.3 Å². The van der Waals surface area contributed by atoms with Gasteiger partial charge in [0.15, 0.2) is 5.16 Å². The summed E-state index contributed by atoms with van der Waals surface area (Å²) in [4.78, 5) is 33.2. The van der Waals surface area contributed by atoms with Crippen LogP contribution in [-0.4, -0.2) is 21.2 Å². The molecule has 0 saturated heterocycles. The Balaban J connectivity index is 1.44. The molecule has 2 aromatic carbocycles. The first-order chi connectivity index (χ1) is 16.2. The second-order valence-electron chi connectivity index (χ2n) is 8.18. The highest BCUT2D eigenvalue weighted by Gasteiger charge is 2.22. The second-order valence-corrected chi connectivity index (χ2v) is 10.2. The van der Waals surface area contributed by atoms with Crippen LogP contribution in [0.3, 0.4) is 0 Å². The van der Waals surface area contributed by atoms with E-state index in [0.717, 1.165) is 41.6 Å². The highest BCUT2D eigenvalue weighted by atomic mass is 32.2. The van der Waals surface area contributed by atoms with Crippen LogP contribution in [0.1, 0.15) is 28.8 Å². The van der Waals surface area contributed by atoms with Crippen LogP contribution in [0, 0.1) is 0 Å². The number of fused-ring (bicyclic) bond motifs is 3. The number of amides is 1. The van der Waals surface area contributed by atoms with Crippen LogP contribution in [-0.2, 0) is 30.6 Å². The van der Waals surface area contributed by atoms with E-state index < -0.39 is 0 Å². The van der Waals surface area contributed by atoms with Gasteiger partial charge in [0.2, 0.25) is 5.91 Å². The van der Waals surface area contributed by atoms with Gasteiger partial charge in [0.05, 0.1) is 11.1 Å². The number of benzene rings is 2. The zero-order valence-corrected chi connectivity index (χ0v) is 19.9. The Kier molecular flexibility index (Phi) is 6.60.